The Labute approximate surface area is 200 Å². The monoisotopic (exact) mass is 464 g/mol. The lowest BCUT2D eigenvalue weighted by molar-refractivity contribution is -0.152. The fourth-order valence-electron chi connectivity index (χ4n) is 6.27. The minimum absolute atomic E-state index is 0.0557. The number of carbonyl (C=O) groups excluding carboxylic acids is 2. The lowest BCUT2D eigenvalue weighted by Gasteiger charge is -2.39. The number of rotatable bonds is 5. The minimum atomic E-state index is -0.328. The summed E-state index contributed by atoms with van der Waals surface area (Å²) in [6, 6.07) is 16.8. The quantitative estimate of drug-likeness (QED) is 0.535. The summed E-state index contributed by atoms with van der Waals surface area (Å²) in [7, 11) is 0. The van der Waals surface area contributed by atoms with Gasteiger partial charge >= 0.3 is 5.97 Å². The second-order valence-electron chi connectivity index (χ2n) is 10.8. The molecule has 2 aromatic rings. The summed E-state index contributed by atoms with van der Waals surface area (Å²) in [6.45, 7) is 8.00. The van der Waals surface area contributed by atoms with Crippen molar-refractivity contribution in [2.75, 3.05) is 24.6 Å². The van der Waals surface area contributed by atoms with Gasteiger partial charge in [0.15, 0.2) is 6.61 Å². The molecule has 3 aliphatic rings. The van der Waals surface area contributed by atoms with Gasteiger partial charge in [0.25, 0.3) is 5.91 Å². The molecule has 2 fully saturated rings. The maximum absolute atomic E-state index is 12.9. The van der Waals surface area contributed by atoms with Gasteiger partial charge in [-0.2, -0.15) is 0 Å². The Balaban J connectivity index is 1.19. The number of para-hydroxylation sites is 2. The van der Waals surface area contributed by atoms with E-state index in [0.29, 0.717) is 6.54 Å². The molecule has 33 heavy (non-hydrogen) atoms. The highest BCUT2D eigenvalue weighted by atomic mass is 32.2. The van der Waals surface area contributed by atoms with Crippen LogP contribution < -0.4 is 4.90 Å². The van der Waals surface area contributed by atoms with Gasteiger partial charge in [-0.15, -0.1) is 0 Å². The number of likely N-dealkylation sites (tertiary alicyclic amines) is 1. The highest BCUT2D eigenvalue weighted by Gasteiger charge is 2.50. The Morgan fingerprint density at radius 1 is 1.00 bits per heavy atom. The van der Waals surface area contributed by atoms with Crippen molar-refractivity contribution in [3.05, 3.63) is 48.5 Å². The number of esters is 1. The first-order chi connectivity index (χ1) is 15.7. The highest BCUT2D eigenvalue weighted by molar-refractivity contribution is 7.99. The maximum Gasteiger partial charge on any atom is 0.308 e. The molecule has 2 bridgehead atoms. The number of hydrogen-bond donors (Lipinski definition) is 0. The molecule has 2 unspecified atom stereocenters. The lowest BCUT2D eigenvalue weighted by Crippen LogP contribution is -2.40. The average Bonchev–Trinajstić information content (AvgIpc) is 3.03. The van der Waals surface area contributed by atoms with Crippen molar-refractivity contribution in [3.63, 3.8) is 0 Å². The molecule has 0 spiro atoms. The fourth-order valence-corrected chi connectivity index (χ4v) is 7.37. The van der Waals surface area contributed by atoms with Crippen LogP contribution in [0.5, 0.6) is 0 Å². The van der Waals surface area contributed by atoms with Crippen LogP contribution in [0, 0.1) is 10.8 Å². The van der Waals surface area contributed by atoms with Crippen molar-refractivity contribution in [2.24, 2.45) is 10.8 Å². The van der Waals surface area contributed by atoms with E-state index in [-0.39, 0.29) is 41.8 Å². The predicted molar refractivity (Wildman–Crippen MR) is 131 cm³/mol. The molecule has 2 aliphatic heterocycles. The first-order valence-electron chi connectivity index (χ1n) is 11.8. The third-order valence-corrected chi connectivity index (χ3v) is 8.29. The standard InChI is InChI=1S/C27H32N2O3S/c1-26(2)14-19-15-27(3,17-26)18-29(19)24(30)16-32-25(31)12-13-28-20-8-4-6-10-22(20)33-23-11-7-5-9-21(23)28/h4-11,19H,12-18H2,1-3H3. The number of nitrogens with zero attached hydrogens (tertiary/aromatic N) is 2. The van der Waals surface area contributed by atoms with Crippen LogP contribution in [0.1, 0.15) is 46.5 Å². The van der Waals surface area contributed by atoms with Crippen molar-refractivity contribution >= 4 is 35.0 Å². The summed E-state index contributed by atoms with van der Waals surface area (Å²) in [5, 5.41) is 0. The second kappa shape index (κ2) is 8.39. The van der Waals surface area contributed by atoms with Gasteiger partial charge in [-0.25, -0.2) is 0 Å². The van der Waals surface area contributed by atoms with Crippen LogP contribution >= 0.6 is 11.8 Å². The summed E-state index contributed by atoms with van der Waals surface area (Å²) in [5.41, 5.74) is 2.64. The number of fused-ring (bicyclic) bond motifs is 4. The van der Waals surface area contributed by atoms with E-state index < -0.39 is 0 Å². The zero-order valence-corrected chi connectivity index (χ0v) is 20.5. The normalized spacial score (nSPS) is 24.8. The smallest absolute Gasteiger partial charge is 0.308 e. The Morgan fingerprint density at radius 3 is 2.30 bits per heavy atom. The van der Waals surface area contributed by atoms with Gasteiger partial charge < -0.3 is 14.5 Å². The highest BCUT2D eigenvalue weighted by Crippen LogP contribution is 2.52. The molecule has 1 aliphatic carbocycles. The summed E-state index contributed by atoms with van der Waals surface area (Å²) < 4.78 is 5.45. The first kappa shape index (κ1) is 22.3. The van der Waals surface area contributed by atoms with Crippen LogP contribution in [-0.2, 0) is 14.3 Å². The largest absolute Gasteiger partial charge is 0.456 e. The SMILES string of the molecule is CC1(C)CC2CC(C)(CN2C(=O)COC(=O)CCN2c3ccccc3Sc3ccccc32)C1. The second-order valence-corrected chi connectivity index (χ2v) is 11.9. The van der Waals surface area contributed by atoms with Crippen LogP contribution in [0.4, 0.5) is 11.4 Å². The van der Waals surface area contributed by atoms with Crippen molar-refractivity contribution in [2.45, 2.75) is 62.3 Å². The van der Waals surface area contributed by atoms with Gasteiger partial charge in [-0.05, 0) is 54.4 Å². The summed E-state index contributed by atoms with van der Waals surface area (Å²) in [6.07, 6.45) is 3.45. The zero-order chi connectivity index (χ0) is 23.2. The molecular formula is C27H32N2O3S. The molecule has 1 saturated heterocycles. The van der Waals surface area contributed by atoms with Crippen molar-refractivity contribution in [1.29, 1.82) is 0 Å². The number of hydrogen-bond acceptors (Lipinski definition) is 5. The number of benzene rings is 2. The van der Waals surface area contributed by atoms with Crippen LogP contribution in [0.3, 0.4) is 0 Å². The van der Waals surface area contributed by atoms with Crippen LogP contribution in [-0.4, -0.2) is 42.5 Å². The molecule has 2 aromatic carbocycles. The van der Waals surface area contributed by atoms with Crippen molar-refractivity contribution < 1.29 is 14.3 Å². The molecule has 2 atom stereocenters. The number of amides is 1. The van der Waals surface area contributed by atoms with E-state index >= 15 is 0 Å². The zero-order valence-electron chi connectivity index (χ0n) is 19.7. The van der Waals surface area contributed by atoms with Crippen LogP contribution in [0.25, 0.3) is 0 Å². The van der Waals surface area contributed by atoms with Gasteiger partial charge in [0, 0.05) is 28.9 Å². The van der Waals surface area contributed by atoms with E-state index in [1.165, 1.54) is 9.79 Å². The Hall–Kier alpha value is -2.47. The average molecular weight is 465 g/mol. The van der Waals surface area contributed by atoms with E-state index in [0.717, 1.165) is 37.2 Å². The molecule has 6 heteroatoms. The topological polar surface area (TPSA) is 49.9 Å². The third kappa shape index (κ3) is 4.50. The van der Waals surface area contributed by atoms with Gasteiger partial charge in [0.1, 0.15) is 0 Å². The van der Waals surface area contributed by atoms with Gasteiger partial charge in [0.05, 0.1) is 17.8 Å². The van der Waals surface area contributed by atoms with Crippen molar-refractivity contribution in [1.82, 2.24) is 4.90 Å². The van der Waals surface area contributed by atoms with Gasteiger partial charge in [0.2, 0.25) is 0 Å². The van der Waals surface area contributed by atoms with Crippen molar-refractivity contribution in [3.8, 4) is 0 Å². The molecule has 5 nitrogen and oxygen atoms in total. The molecule has 1 saturated carbocycles. The molecule has 2 heterocycles. The van der Waals surface area contributed by atoms with E-state index in [4.69, 9.17) is 4.74 Å². The Bertz CT molecular complexity index is 1040. The van der Waals surface area contributed by atoms with E-state index in [1.54, 1.807) is 11.8 Å². The lowest BCUT2D eigenvalue weighted by atomic mass is 9.65. The summed E-state index contributed by atoms with van der Waals surface area (Å²) in [5.74, 6) is -0.384. The molecule has 0 aromatic heterocycles. The first-order valence-corrected chi connectivity index (χ1v) is 12.6. The predicted octanol–water partition coefficient (Wildman–Crippen LogP) is 5.65. The Kier molecular flexibility index (Phi) is 5.68. The Morgan fingerprint density at radius 2 is 1.64 bits per heavy atom. The molecular weight excluding hydrogens is 432 g/mol. The molecule has 5 rings (SSSR count). The fraction of sp³-hybridized carbons (Fsp3) is 0.481. The number of anilines is 2. The maximum atomic E-state index is 12.9. The summed E-state index contributed by atoms with van der Waals surface area (Å²) in [4.78, 5) is 32.0. The van der Waals surface area contributed by atoms with Crippen LogP contribution in [0.15, 0.2) is 58.3 Å². The molecule has 174 valence electrons. The molecule has 0 N–H and O–H groups in total. The van der Waals surface area contributed by atoms with E-state index in [2.05, 4.69) is 49.9 Å². The molecule has 0 radical (unpaired) electrons. The van der Waals surface area contributed by atoms with E-state index in [9.17, 15) is 9.59 Å². The number of carbonyl (C=O) groups is 2. The van der Waals surface area contributed by atoms with Crippen LogP contribution in [0.2, 0.25) is 0 Å². The minimum Gasteiger partial charge on any atom is -0.456 e. The third-order valence-electron chi connectivity index (χ3n) is 7.16. The number of ether oxygens (including phenoxy) is 1. The summed E-state index contributed by atoms with van der Waals surface area (Å²) >= 11 is 1.75. The van der Waals surface area contributed by atoms with Gasteiger partial charge in [-0.3, -0.25) is 9.59 Å². The molecule has 1 amide bonds. The van der Waals surface area contributed by atoms with Gasteiger partial charge in [-0.1, -0.05) is 56.8 Å². The van der Waals surface area contributed by atoms with E-state index in [1.807, 2.05) is 29.2 Å².